The summed E-state index contributed by atoms with van der Waals surface area (Å²) in [5, 5.41) is 12.6. The molecule has 1 atom stereocenters. The van der Waals surface area contributed by atoms with E-state index >= 15 is 0 Å². The van der Waals surface area contributed by atoms with Crippen LogP contribution in [0.5, 0.6) is 0 Å². The Kier molecular flexibility index (Phi) is 9.35. The van der Waals surface area contributed by atoms with Crippen LogP contribution in [0.1, 0.15) is 33.6 Å². The standard InChI is InChI=1S/C11H25NO2/c1-4-14-9-11(13)8-12-7-5-6-10(2)3/h10-13H,4-9H2,1-3H3. The third-order valence-electron chi connectivity index (χ3n) is 2.03. The van der Waals surface area contributed by atoms with Crippen molar-refractivity contribution in [3.63, 3.8) is 0 Å². The highest BCUT2D eigenvalue weighted by Crippen LogP contribution is 2.01. The van der Waals surface area contributed by atoms with Gasteiger partial charge in [0.05, 0.1) is 12.7 Å². The Labute approximate surface area is 87.8 Å². The number of aliphatic hydroxyl groups is 1. The molecule has 0 radical (unpaired) electrons. The second-order valence-electron chi connectivity index (χ2n) is 4.05. The second kappa shape index (κ2) is 9.44. The largest absolute Gasteiger partial charge is 0.389 e. The first-order valence-electron chi connectivity index (χ1n) is 5.63. The molecule has 86 valence electrons. The number of ether oxygens (including phenoxy) is 1. The Hall–Kier alpha value is -0.120. The van der Waals surface area contributed by atoms with E-state index in [9.17, 15) is 5.11 Å². The van der Waals surface area contributed by atoms with Gasteiger partial charge < -0.3 is 15.2 Å². The molecule has 14 heavy (non-hydrogen) atoms. The SMILES string of the molecule is CCOCC(O)CNCCCC(C)C. The number of rotatable bonds is 9. The van der Waals surface area contributed by atoms with Crippen LogP contribution in [0.2, 0.25) is 0 Å². The van der Waals surface area contributed by atoms with E-state index in [1.54, 1.807) is 0 Å². The van der Waals surface area contributed by atoms with Crippen LogP contribution in [0.4, 0.5) is 0 Å². The Bertz CT molecular complexity index is 118. The molecule has 1 unspecified atom stereocenters. The number of hydrogen-bond donors (Lipinski definition) is 2. The number of nitrogens with one attached hydrogen (secondary N) is 1. The summed E-state index contributed by atoms with van der Waals surface area (Å²) in [4.78, 5) is 0. The van der Waals surface area contributed by atoms with Crippen molar-refractivity contribution in [2.45, 2.75) is 39.7 Å². The van der Waals surface area contributed by atoms with Crippen molar-refractivity contribution in [2.75, 3.05) is 26.3 Å². The van der Waals surface area contributed by atoms with Crippen LogP contribution in [-0.4, -0.2) is 37.5 Å². The average Bonchev–Trinajstić information content (AvgIpc) is 2.13. The molecule has 3 nitrogen and oxygen atoms in total. The maximum absolute atomic E-state index is 9.40. The maximum Gasteiger partial charge on any atom is 0.0897 e. The van der Waals surface area contributed by atoms with Crippen molar-refractivity contribution in [2.24, 2.45) is 5.92 Å². The van der Waals surface area contributed by atoms with Crippen molar-refractivity contribution < 1.29 is 9.84 Å². The molecule has 0 aliphatic heterocycles. The molecule has 0 spiro atoms. The molecule has 0 bridgehead atoms. The smallest absolute Gasteiger partial charge is 0.0897 e. The summed E-state index contributed by atoms with van der Waals surface area (Å²) >= 11 is 0. The zero-order valence-corrected chi connectivity index (χ0v) is 9.75. The average molecular weight is 203 g/mol. The minimum Gasteiger partial charge on any atom is -0.389 e. The van der Waals surface area contributed by atoms with Gasteiger partial charge in [-0.25, -0.2) is 0 Å². The molecule has 0 aromatic heterocycles. The quantitative estimate of drug-likeness (QED) is 0.557. The molecule has 3 heteroatoms. The Morgan fingerprint density at radius 3 is 2.64 bits per heavy atom. The normalized spacial score (nSPS) is 13.5. The highest BCUT2D eigenvalue weighted by Gasteiger charge is 2.02. The fourth-order valence-electron chi connectivity index (χ4n) is 1.22. The molecule has 0 amide bonds. The van der Waals surface area contributed by atoms with Crippen molar-refractivity contribution in [1.29, 1.82) is 0 Å². The Morgan fingerprint density at radius 1 is 1.36 bits per heavy atom. The van der Waals surface area contributed by atoms with E-state index in [0.29, 0.717) is 19.8 Å². The molecular formula is C11H25NO2. The Balaban J connectivity index is 3.10. The summed E-state index contributed by atoms with van der Waals surface area (Å²) in [6, 6.07) is 0. The summed E-state index contributed by atoms with van der Waals surface area (Å²) in [7, 11) is 0. The molecule has 0 rings (SSSR count). The second-order valence-corrected chi connectivity index (χ2v) is 4.05. The van der Waals surface area contributed by atoms with Gasteiger partial charge >= 0.3 is 0 Å². The molecule has 0 saturated heterocycles. The van der Waals surface area contributed by atoms with Crippen LogP contribution in [0.25, 0.3) is 0 Å². The van der Waals surface area contributed by atoms with Crippen LogP contribution >= 0.6 is 0 Å². The number of hydrogen-bond acceptors (Lipinski definition) is 3. The highest BCUT2D eigenvalue weighted by atomic mass is 16.5. The van der Waals surface area contributed by atoms with Crippen LogP contribution in [0, 0.1) is 5.92 Å². The van der Waals surface area contributed by atoms with E-state index in [4.69, 9.17) is 4.74 Å². The molecule has 0 fully saturated rings. The number of aliphatic hydroxyl groups excluding tert-OH is 1. The fourth-order valence-corrected chi connectivity index (χ4v) is 1.22. The molecule has 2 N–H and O–H groups in total. The molecule has 0 saturated carbocycles. The topological polar surface area (TPSA) is 41.5 Å². The molecule has 0 aromatic rings. The first-order chi connectivity index (χ1) is 6.66. The van der Waals surface area contributed by atoms with Crippen LogP contribution in [0.3, 0.4) is 0 Å². The van der Waals surface area contributed by atoms with E-state index in [0.717, 1.165) is 12.5 Å². The fraction of sp³-hybridized carbons (Fsp3) is 1.00. The van der Waals surface area contributed by atoms with Crippen molar-refractivity contribution in [3.05, 3.63) is 0 Å². The maximum atomic E-state index is 9.40. The van der Waals surface area contributed by atoms with E-state index < -0.39 is 0 Å². The lowest BCUT2D eigenvalue weighted by molar-refractivity contribution is 0.0429. The summed E-state index contributed by atoms with van der Waals surface area (Å²) < 4.78 is 5.10. The van der Waals surface area contributed by atoms with Gasteiger partial charge in [-0.05, 0) is 32.2 Å². The van der Waals surface area contributed by atoms with Gasteiger partial charge in [-0.15, -0.1) is 0 Å². The lowest BCUT2D eigenvalue weighted by Crippen LogP contribution is -2.31. The Morgan fingerprint density at radius 2 is 2.07 bits per heavy atom. The lowest BCUT2D eigenvalue weighted by Gasteiger charge is -2.11. The van der Waals surface area contributed by atoms with Crippen LogP contribution < -0.4 is 5.32 Å². The summed E-state index contributed by atoms with van der Waals surface area (Å²) in [6.45, 7) is 9.12. The minimum absolute atomic E-state index is 0.367. The van der Waals surface area contributed by atoms with Crippen LogP contribution in [-0.2, 0) is 4.74 Å². The third-order valence-corrected chi connectivity index (χ3v) is 2.03. The summed E-state index contributed by atoms with van der Waals surface area (Å²) in [5.74, 6) is 0.769. The summed E-state index contributed by atoms with van der Waals surface area (Å²) in [6.07, 6.45) is 2.06. The van der Waals surface area contributed by atoms with Gasteiger partial charge in [-0.3, -0.25) is 0 Å². The van der Waals surface area contributed by atoms with Gasteiger partial charge in [0.1, 0.15) is 0 Å². The van der Waals surface area contributed by atoms with Gasteiger partial charge in [0.2, 0.25) is 0 Å². The van der Waals surface area contributed by atoms with Gasteiger partial charge in [-0.1, -0.05) is 13.8 Å². The van der Waals surface area contributed by atoms with Crippen molar-refractivity contribution in [1.82, 2.24) is 5.32 Å². The van der Waals surface area contributed by atoms with Gasteiger partial charge in [0, 0.05) is 13.2 Å². The predicted molar refractivity (Wildman–Crippen MR) is 59.4 cm³/mol. The monoisotopic (exact) mass is 203 g/mol. The van der Waals surface area contributed by atoms with Crippen molar-refractivity contribution >= 4 is 0 Å². The molecule has 0 aliphatic rings. The zero-order valence-electron chi connectivity index (χ0n) is 9.75. The van der Waals surface area contributed by atoms with E-state index in [1.807, 2.05) is 6.92 Å². The van der Waals surface area contributed by atoms with Gasteiger partial charge in [0.25, 0.3) is 0 Å². The molecular weight excluding hydrogens is 178 g/mol. The minimum atomic E-state index is -0.367. The van der Waals surface area contributed by atoms with E-state index in [1.165, 1.54) is 12.8 Å². The predicted octanol–water partition coefficient (Wildman–Crippen LogP) is 1.41. The molecule has 0 heterocycles. The first kappa shape index (κ1) is 13.9. The summed E-state index contributed by atoms with van der Waals surface area (Å²) in [5.41, 5.74) is 0. The highest BCUT2D eigenvalue weighted by molar-refractivity contribution is 4.58. The van der Waals surface area contributed by atoms with E-state index in [2.05, 4.69) is 19.2 Å². The first-order valence-corrected chi connectivity index (χ1v) is 5.63. The van der Waals surface area contributed by atoms with E-state index in [-0.39, 0.29) is 6.10 Å². The van der Waals surface area contributed by atoms with Gasteiger partial charge in [0.15, 0.2) is 0 Å². The lowest BCUT2D eigenvalue weighted by atomic mass is 10.1. The zero-order chi connectivity index (χ0) is 10.8. The van der Waals surface area contributed by atoms with Crippen molar-refractivity contribution in [3.8, 4) is 0 Å². The molecule has 0 aliphatic carbocycles. The van der Waals surface area contributed by atoms with Gasteiger partial charge in [-0.2, -0.15) is 0 Å². The third kappa shape index (κ3) is 9.96. The van der Waals surface area contributed by atoms with Crippen LogP contribution in [0.15, 0.2) is 0 Å². The molecule has 0 aromatic carbocycles.